The molecule has 3 N–H and O–H groups in total. The lowest BCUT2D eigenvalue weighted by molar-refractivity contribution is -0.121. The zero-order valence-corrected chi connectivity index (χ0v) is 22.8. The first-order valence-electron chi connectivity index (χ1n) is 12.4. The topological polar surface area (TPSA) is 142 Å². The molecule has 11 nitrogen and oxygen atoms in total. The van der Waals surface area contributed by atoms with Crippen LogP contribution in [-0.4, -0.2) is 41.8 Å². The van der Waals surface area contributed by atoms with E-state index < -0.39 is 0 Å². The quantitative estimate of drug-likeness (QED) is 0.188. The molecule has 0 spiro atoms. The lowest BCUT2D eigenvalue weighted by Gasteiger charge is -2.06. The van der Waals surface area contributed by atoms with Gasteiger partial charge in [-0.2, -0.15) is 10.2 Å². The number of halogens is 2. The van der Waals surface area contributed by atoms with Crippen molar-refractivity contribution in [3.63, 3.8) is 0 Å². The third-order valence-corrected chi connectivity index (χ3v) is 6.85. The van der Waals surface area contributed by atoms with Gasteiger partial charge in [-0.1, -0.05) is 71.7 Å². The van der Waals surface area contributed by atoms with Gasteiger partial charge in [0.2, 0.25) is 0 Å². The van der Waals surface area contributed by atoms with E-state index in [1.807, 2.05) is 66.9 Å². The molecule has 204 valence electrons. The van der Waals surface area contributed by atoms with Crippen molar-refractivity contribution in [1.82, 2.24) is 35.1 Å². The third kappa shape index (κ3) is 5.53. The average molecular weight is 586 g/mol. The van der Waals surface area contributed by atoms with Gasteiger partial charge in [0.1, 0.15) is 12.2 Å². The van der Waals surface area contributed by atoms with Gasteiger partial charge in [-0.05, 0) is 40.1 Å². The Hall–Kier alpha value is -5.00. The van der Waals surface area contributed by atoms with Gasteiger partial charge in [-0.3, -0.25) is 9.48 Å². The lowest BCUT2D eigenvalue weighted by atomic mass is 10.1. The van der Waals surface area contributed by atoms with Crippen molar-refractivity contribution in [2.75, 3.05) is 5.73 Å². The zero-order chi connectivity index (χ0) is 28.3. The van der Waals surface area contributed by atoms with E-state index >= 15 is 0 Å². The fourth-order valence-corrected chi connectivity index (χ4v) is 4.85. The van der Waals surface area contributed by atoms with Gasteiger partial charge in [-0.25, -0.2) is 15.0 Å². The molecule has 13 heteroatoms. The highest BCUT2D eigenvalue weighted by Crippen LogP contribution is 2.27. The van der Waals surface area contributed by atoms with Crippen LogP contribution >= 0.6 is 23.2 Å². The molecule has 3 heterocycles. The van der Waals surface area contributed by atoms with E-state index in [0.29, 0.717) is 39.2 Å². The minimum Gasteiger partial charge on any atom is -0.379 e. The van der Waals surface area contributed by atoms with Crippen molar-refractivity contribution >= 4 is 52.2 Å². The van der Waals surface area contributed by atoms with Crippen LogP contribution < -0.4 is 11.2 Å². The van der Waals surface area contributed by atoms with E-state index in [0.717, 1.165) is 16.6 Å². The number of imidazole rings is 1. The number of amides is 1. The molecule has 41 heavy (non-hydrogen) atoms. The van der Waals surface area contributed by atoms with Crippen molar-refractivity contribution in [2.24, 2.45) is 5.10 Å². The highest BCUT2D eigenvalue weighted by molar-refractivity contribution is 6.35. The second-order valence-electron chi connectivity index (χ2n) is 9.03. The Labute approximate surface area is 243 Å². The number of fused-ring (bicyclic) bond motifs is 1. The van der Waals surface area contributed by atoms with Crippen molar-refractivity contribution in [1.29, 1.82) is 0 Å². The fourth-order valence-electron chi connectivity index (χ4n) is 4.38. The number of nitrogen functional groups attached to an aromatic ring is 1. The summed E-state index contributed by atoms with van der Waals surface area (Å²) in [5.74, 6) is 0.0465. The molecule has 0 saturated heterocycles. The molecular weight excluding hydrogens is 565 g/mol. The summed E-state index contributed by atoms with van der Waals surface area (Å²) in [6, 6.07) is 22.4. The number of carbonyl (C=O) groups is 1. The fraction of sp³-hybridized carbons (Fsp3) is 0.0714. The third-order valence-electron chi connectivity index (χ3n) is 6.26. The molecule has 0 aliphatic carbocycles. The summed E-state index contributed by atoms with van der Waals surface area (Å²) in [5.41, 5.74) is 13.3. The summed E-state index contributed by atoms with van der Waals surface area (Å²) >= 11 is 12.4. The summed E-state index contributed by atoms with van der Waals surface area (Å²) in [6.45, 7) is 0.325. The summed E-state index contributed by atoms with van der Waals surface area (Å²) in [7, 11) is 0. The minimum absolute atomic E-state index is 0.0744. The first-order chi connectivity index (χ1) is 20.0. The summed E-state index contributed by atoms with van der Waals surface area (Å²) in [6.07, 6.45) is 3.39. The molecule has 3 aromatic carbocycles. The maximum absolute atomic E-state index is 13.0. The first-order valence-corrected chi connectivity index (χ1v) is 13.1. The molecule has 1 amide bonds. The Morgan fingerprint density at radius 3 is 2.61 bits per heavy atom. The van der Waals surface area contributed by atoms with Gasteiger partial charge in [0.15, 0.2) is 17.3 Å². The second-order valence-corrected chi connectivity index (χ2v) is 9.88. The monoisotopic (exact) mass is 585 g/mol. The predicted octanol–water partition coefficient (Wildman–Crippen LogP) is 5.04. The highest BCUT2D eigenvalue weighted by Gasteiger charge is 2.20. The Morgan fingerprint density at radius 2 is 1.83 bits per heavy atom. The smallest absolute Gasteiger partial charge is 0.260 e. The normalized spacial score (nSPS) is 11.5. The van der Waals surface area contributed by atoms with Crippen LogP contribution in [0.4, 0.5) is 5.82 Å². The standard InChI is InChI=1S/C28H21Cl2N9O2/c29-20-11-10-18(21(30)12-20)14-38-15-19(25(35-38)17-6-2-1-3-7-17)13-32-34-24(40)16-39-23-9-5-4-8-22(23)33-28(39)26-27(31)37-41-36-26/h1-13,15H,14,16H2,(H2,31,37)(H,34,40). The Balaban J connectivity index is 1.25. The zero-order valence-electron chi connectivity index (χ0n) is 21.3. The second kappa shape index (κ2) is 11.2. The minimum atomic E-state index is -0.387. The van der Waals surface area contributed by atoms with Crippen LogP contribution in [0.2, 0.25) is 10.0 Å². The number of benzene rings is 3. The Bertz CT molecular complexity index is 1890. The number of nitrogens with two attached hydrogens (primary N) is 1. The number of rotatable bonds is 8. The van der Waals surface area contributed by atoms with E-state index in [1.54, 1.807) is 27.6 Å². The molecule has 0 fully saturated rings. The molecule has 6 rings (SSSR count). The Morgan fingerprint density at radius 1 is 1.02 bits per heavy atom. The molecule has 0 unspecified atom stereocenters. The molecule has 0 atom stereocenters. The first kappa shape index (κ1) is 26.2. The van der Waals surface area contributed by atoms with Crippen molar-refractivity contribution in [3.05, 3.63) is 100 Å². The Kier molecular flexibility index (Phi) is 7.19. The van der Waals surface area contributed by atoms with E-state index in [9.17, 15) is 4.79 Å². The maximum atomic E-state index is 13.0. The van der Waals surface area contributed by atoms with Crippen LogP contribution in [0.15, 0.2) is 88.7 Å². The number of anilines is 1. The SMILES string of the molecule is Nc1nonc1-c1nc2ccccc2n1CC(=O)NN=Cc1cn(Cc2ccc(Cl)cc2Cl)nc1-c1ccccc1. The molecule has 0 bridgehead atoms. The van der Waals surface area contributed by atoms with Gasteiger partial charge in [0.25, 0.3) is 5.91 Å². The van der Waals surface area contributed by atoms with E-state index in [2.05, 4.69) is 25.8 Å². The number of nitrogens with zero attached hydrogens (tertiary/aromatic N) is 7. The van der Waals surface area contributed by atoms with Crippen LogP contribution in [0, 0.1) is 0 Å². The van der Waals surface area contributed by atoms with Crippen LogP contribution in [-0.2, 0) is 17.9 Å². The number of carbonyl (C=O) groups excluding carboxylic acids is 1. The van der Waals surface area contributed by atoms with Gasteiger partial charge < -0.3 is 10.3 Å². The molecule has 6 aromatic rings. The molecule has 0 radical (unpaired) electrons. The molecule has 0 aliphatic heterocycles. The number of aromatic nitrogens is 6. The molecular formula is C28H21Cl2N9O2. The van der Waals surface area contributed by atoms with Crippen LogP contribution in [0.1, 0.15) is 11.1 Å². The van der Waals surface area contributed by atoms with E-state index in [1.165, 1.54) is 0 Å². The summed E-state index contributed by atoms with van der Waals surface area (Å²) < 4.78 is 8.19. The number of nitrogens with one attached hydrogen (secondary N) is 1. The molecule has 3 aromatic heterocycles. The molecule has 0 saturated carbocycles. The highest BCUT2D eigenvalue weighted by atomic mass is 35.5. The van der Waals surface area contributed by atoms with E-state index in [-0.39, 0.29) is 24.0 Å². The number of hydrogen-bond acceptors (Lipinski definition) is 8. The van der Waals surface area contributed by atoms with E-state index in [4.69, 9.17) is 38.7 Å². The van der Waals surface area contributed by atoms with Gasteiger partial charge in [-0.15, -0.1) is 0 Å². The van der Waals surface area contributed by atoms with Gasteiger partial charge >= 0.3 is 0 Å². The van der Waals surface area contributed by atoms with Crippen molar-refractivity contribution in [2.45, 2.75) is 13.1 Å². The largest absolute Gasteiger partial charge is 0.379 e. The number of hydrogen-bond donors (Lipinski definition) is 2. The number of hydrazone groups is 1. The summed E-state index contributed by atoms with van der Waals surface area (Å²) in [4.78, 5) is 17.6. The van der Waals surface area contributed by atoms with Crippen LogP contribution in [0.3, 0.4) is 0 Å². The number of para-hydroxylation sites is 2. The van der Waals surface area contributed by atoms with Crippen LogP contribution in [0.5, 0.6) is 0 Å². The maximum Gasteiger partial charge on any atom is 0.260 e. The molecule has 0 aliphatic rings. The van der Waals surface area contributed by atoms with Gasteiger partial charge in [0.05, 0.1) is 23.8 Å². The van der Waals surface area contributed by atoms with Crippen LogP contribution in [0.25, 0.3) is 33.8 Å². The summed E-state index contributed by atoms with van der Waals surface area (Å²) in [5, 5.41) is 17.6. The lowest BCUT2D eigenvalue weighted by Crippen LogP contribution is -2.23. The predicted molar refractivity (Wildman–Crippen MR) is 156 cm³/mol. The van der Waals surface area contributed by atoms with Crippen molar-refractivity contribution in [3.8, 4) is 22.8 Å². The van der Waals surface area contributed by atoms with Crippen molar-refractivity contribution < 1.29 is 9.42 Å². The van der Waals surface area contributed by atoms with Gasteiger partial charge in [0, 0.05) is 27.4 Å². The average Bonchev–Trinajstić information content (AvgIpc) is 3.68.